The highest BCUT2D eigenvalue weighted by Crippen LogP contribution is 2.43. The summed E-state index contributed by atoms with van der Waals surface area (Å²) in [6.45, 7) is 8.53. The van der Waals surface area contributed by atoms with Crippen LogP contribution >= 0.6 is 0 Å². The maximum absolute atomic E-state index is 12.6. The first-order valence-corrected chi connectivity index (χ1v) is 9.86. The van der Waals surface area contributed by atoms with Gasteiger partial charge >= 0.3 is 0 Å². The van der Waals surface area contributed by atoms with Crippen LogP contribution in [0.4, 0.5) is 0 Å². The first-order chi connectivity index (χ1) is 9.66. The number of hydrogen-bond donors (Lipinski definition) is 0. The number of carbonyl (C=O) groups is 1. The van der Waals surface area contributed by atoms with E-state index in [1.807, 2.05) is 6.92 Å². The van der Waals surface area contributed by atoms with Gasteiger partial charge in [0.2, 0.25) is 0 Å². The Labute approximate surface area is 129 Å². The first-order valence-electron chi connectivity index (χ1n) is 8.04. The number of carbonyl (C=O) groups excluding carboxylic acids is 1. The van der Waals surface area contributed by atoms with Crippen LogP contribution in [0.25, 0.3) is 0 Å². The molecule has 0 radical (unpaired) electrons. The zero-order chi connectivity index (χ0) is 16.1. The molecule has 0 aliphatic heterocycles. The Morgan fingerprint density at radius 1 is 1.10 bits per heavy atom. The summed E-state index contributed by atoms with van der Waals surface area (Å²) in [4.78, 5) is 12.6. The number of ether oxygens (including phenoxy) is 1. The molecule has 0 saturated heterocycles. The Morgan fingerprint density at radius 2 is 1.67 bits per heavy atom. The Morgan fingerprint density at radius 3 is 2.14 bits per heavy atom. The van der Waals surface area contributed by atoms with Gasteiger partial charge in [0.1, 0.15) is 15.4 Å². The molecule has 1 aliphatic rings. The van der Waals surface area contributed by atoms with E-state index in [0.717, 1.165) is 25.7 Å². The van der Waals surface area contributed by atoms with Crippen LogP contribution in [0, 0.1) is 5.41 Å². The van der Waals surface area contributed by atoms with Crippen molar-refractivity contribution in [1.82, 2.24) is 0 Å². The monoisotopic (exact) mass is 318 g/mol. The molecule has 0 N–H and O–H groups in total. The van der Waals surface area contributed by atoms with Gasteiger partial charge in [-0.2, -0.15) is 0 Å². The molecule has 0 aromatic rings. The molecule has 21 heavy (non-hydrogen) atoms. The van der Waals surface area contributed by atoms with Gasteiger partial charge in [-0.1, -0.05) is 20.8 Å². The van der Waals surface area contributed by atoms with Crippen LogP contribution in [0.15, 0.2) is 0 Å². The molecule has 0 aromatic heterocycles. The molecule has 0 unspecified atom stereocenters. The van der Waals surface area contributed by atoms with Crippen molar-refractivity contribution < 1.29 is 17.9 Å². The predicted molar refractivity (Wildman–Crippen MR) is 85.2 cm³/mol. The van der Waals surface area contributed by atoms with Gasteiger partial charge in [-0.15, -0.1) is 0 Å². The molecule has 124 valence electrons. The van der Waals surface area contributed by atoms with E-state index < -0.39 is 15.4 Å². The Balaban J connectivity index is 2.62. The molecular formula is C16H30O4S. The summed E-state index contributed by atoms with van der Waals surface area (Å²) < 4.78 is 28.8. The van der Waals surface area contributed by atoms with Crippen LogP contribution in [-0.2, 0) is 19.4 Å². The summed E-state index contributed by atoms with van der Waals surface area (Å²) in [5.41, 5.74) is -0.396. The SMILES string of the molecule is CCOC1(C(=O)CCCS(=O)(=O)CC)CCC(C)(C)CC1. The van der Waals surface area contributed by atoms with Gasteiger partial charge in [0.15, 0.2) is 5.78 Å². The number of ketones is 1. The fourth-order valence-electron chi connectivity index (χ4n) is 2.94. The number of sulfone groups is 1. The third-order valence-electron chi connectivity index (χ3n) is 4.64. The molecule has 0 heterocycles. The van der Waals surface area contributed by atoms with E-state index in [9.17, 15) is 13.2 Å². The van der Waals surface area contributed by atoms with Crippen molar-refractivity contribution in [3.8, 4) is 0 Å². The minimum absolute atomic E-state index is 0.0890. The van der Waals surface area contributed by atoms with E-state index in [4.69, 9.17) is 4.74 Å². The molecule has 0 amide bonds. The van der Waals surface area contributed by atoms with E-state index in [1.165, 1.54) is 0 Å². The molecule has 5 heteroatoms. The predicted octanol–water partition coefficient (Wildman–Crippen LogP) is 3.15. The summed E-state index contributed by atoms with van der Waals surface area (Å²) in [6, 6.07) is 0. The van der Waals surface area contributed by atoms with Crippen LogP contribution in [0.3, 0.4) is 0 Å². The molecule has 1 saturated carbocycles. The average Bonchev–Trinajstić information content (AvgIpc) is 2.41. The van der Waals surface area contributed by atoms with E-state index in [1.54, 1.807) is 6.92 Å². The summed E-state index contributed by atoms with van der Waals surface area (Å²) in [5.74, 6) is 0.334. The van der Waals surface area contributed by atoms with Gasteiger partial charge in [0.25, 0.3) is 0 Å². The second-order valence-corrected chi connectivity index (χ2v) is 9.33. The fourth-order valence-corrected chi connectivity index (χ4v) is 3.81. The van der Waals surface area contributed by atoms with E-state index in [0.29, 0.717) is 19.4 Å². The standard InChI is InChI=1S/C16H30O4S/c1-5-20-16(11-9-15(3,4)10-12-16)14(17)8-7-13-21(18,19)6-2/h5-13H2,1-4H3. The summed E-state index contributed by atoms with van der Waals surface area (Å²) in [7, 11) is -2.99. The lowest BCUT2D eigenvalue weighted by Crippen LogP contribution is -2.46. The van der Waals surface area contributed by atoms with Crippen LogP contribution < -0.4 is 0 Å². The van der Waals surface area contributed by atoms with Gasteiger partial charge in [-0.25, -0.2) is 8.42 Å². The molecule has 0 atom stereocenters. The molecule has 4 nitrogen and oxygen atoms in total. The lowest BCUT2D eigenvalue weighted by Gasteiger charge is -2.42. The zero-order valence-electron chi connectivity index (χ0n) is 13.9. The van der Waals surface area contributed by atoms with E-state index in [-0.39, 0.29) is 22.7 Å². The molecule has 0 bridgehead atoms. The van der Waals surface area contributed by atoms with Crippen LogP contribution in [0.2, 0.25) is 0 Å². The van der Waals surface area contributed by atoms with E-state index >= 15 is 0 Å². The third kappa shape index (κ3) is 5.37. The summed E-state index contributed by atoms with van der Waals surface area (Å²) in [5, 5.41) is 0. The molecular weight excluding hydrogens is 288 g/mol. The molecule has 1 aliphatic carbocycles. The number of Topliss-reactive ketones (excluding diaryl/α,β-unsaturated/α-hetero) is 1. The minimum Gasteiger partial charge on any atom is -0.368 e. The first kappa shape index (κ1) is 18.6. The molecule has 1 rings (SSSR count). The van der Waals surface area contributed by atoms with Gasteiger partial charge in [0, 0.05) is 18.8 Å². The van der Waals surface area contributed by atoms with Crippen molar-refractivity contribution >= 4 is 15.6 Å². The molecule has 0 aromatic carbocycles. The third-order valence-corrected chi connectivity index (χ3v) is 6.43. The highest BCUT2D eigenvalue weighted by atomic mass is 32.2. The summed E-state index contributed by atoms with van der Waals surface area (Å²) in [6.07, 6.45) is 4.19. The highest BCUT2D eigenvalue weighted by Gasteiger charge is 2.43. The van der Waals surface area contributed by atoms with Crippen LogP contribution in [0.1, 0.15) is 66.2 Å². The second-order valence-electron chi connectivity index (χ2n) is 6.85. The van der Waals surface area contributed by atoms with Crippen molar-refractivity contribution in [1.29, 1.82) is 0 Å². The molecule has 1 fully saturated rings. The normalized spacial score (nSPS) is 21.1. The topological polar surface area (TPSA) is 60.4 Å². The van der Waals surface area contributed by atoms with Crippen LogP contribution in [-0.4, -0.2) is 37.9 Å². The maximum atomic E-state index is 12.6. The Bertz CT molecular complexity index is 441. The number of rotatable bonds is 8. The maximum Gasteiger partial charge on any atom is 0.164 e. The fraction of sp³-hybridized carbons (Fsp3) is 0.938. The lowest BCUT2D eigenvalue weighted by molar-refractivity contribution is -0.152. The highest BCUT2D eigenvalue weighted by molar-refractivity contribution is 7.91. The Hall–Kier alpha value is -0.420. The van der Waals surface area contributed by atoms with Crippen molar-refractivity contribution in [2.75, 3.05) is 18.1 Å². The van der Waals surface area contributed by atoms with Crippen LogP contribution in [0.5, 0.6) is 0 Å². The van der Waals surface area contributed by atoms with Crippen molar-refractivity contribution in [2.24, 2.45) is 5.41 Å². The smallest absolute Gasteiger partial charge is 0.164 e. The Kier molecular flexibility index (Phi) is 6.41. The molecule has 0 spiro atoms. The van der Waals surface area contributed by atoms with Gasteiger partial charge in [-0.3, -0.25) is 4.79 Å². The van der Waals surface area contributed by atoms with Crippen molar-refractivity contribution in [3.63, 3.8) is 0 Å². The minimum atomic E-state index is -2.99. The number of hydrogen-bond acceptors (Lipinski definition) is 4. The van der Waals surface area contributed by atoms with Gasteiger partial charge in [0.05, 0.1) is 5.75 Å². The zero-order valence-corrected chi connectivity index (χ0v) is 14.7. The lowest BCUT2D eigenvalue weighted by atomic mass is 9.69. The average molecular weight is 318 g/mol. The summed E-state index contributed by atoms with van der Waals surface area (Å²) >= 11 is 0. The largest absolute Gasteiger partial charge is 0.368 e. The second kappa shape index (κ2) is 7.23. The van der Waals surface area contributed by atoms with Crippen molar-refractivity contribution in [3.05, 3.63) is 0 Å². The van der Waals surface area contributed by atoms with Gasteiger partial charge < -0.3 is 4.74 Å². The van der Waals surface area contributed by atoms with E-state index in [2.05, 4.69) is 13.8 Å². The van der Waals surface area contributed by atoms with Gasteiger partial charge in [-0.05, 0) is 44.4 Å². The quantitative estimate of drug-likeness (QED) is 0.690. The van der Waals surface area contributed by atoms with Crippen molar-refractivity contribution in [2.45, 2.75) is 71.8 Å².